The van der Waals surface area contributed by atoms with Crippen molar-refractivity contribution in [3.63, 3.8) is 0 Å². The van der Waals surface area contributed by atoms with Gasteiger partial charge in [-0.2, -0.15) is 0 Å². The number of amides is 2. The molecule has 34 heavy (non-hydrogen) atoms. The van der Waals surface area contributed by atoms with E-state index in [1.807, 2.05) is 30.3 Å². The Morgan fingerprint density at radius 2 is 1.79 bits per heavy atom. The fraction of sp³-hybridized carbons (Fsp3) is 0.417. The number of ether oxygens (including phenoxy) is 2. The molecule has 0 aliphatic heterocycles. The van der Waals surface area contributed by atoms with Gasteiger partial charge in [-0.3, -0.25) is 9.20 Å². The van der Waals surface area contributed by atoms with Crippen molar-refractivity contribution in [3.05, 3.63) is 65.6 Å². The van der Waals surface area contributed by atoms with Crippen molar-refractivity contribution in [2.45, 2.75) is 46.1 Å². The summed E-state index contributed by atoms with van der Waals surface area (Å²) in [5, 5.41) is 11.4. The van der Waals surface area contributed by atoms with Gasteiger partial charge in [0.15, 0.2) is 11.5 Å². The zero-order valence-electron chi connectivity index (χ0n) is 19.3. The summed E-state index contributed by atoms with van der Waals surface area (Å²) in [6, 6.07) is 14.5. The summed E-state index contributed by atoms with van der Waals surface area (Å²) in [5.41, 5.74) is 7.11. The average Bonchev–Trinajstić information content (AvgIpc) is 3.21. The van der Waals surface area contributed by atoms with E-state index in [0.29, 0.717) is 23.8 Å². The Morgan fingerprint density at radius 1 is 1.09 bits per heavy atom. The summed E-state index contributed by atoms with van der Waals surface area (Å²) >= 11 is 0. The Bertz CT molecular complexity index is 1090. The van der Waals surface area contributed by atoms with Crippen molar-refractivity contribution < 1.29 is 19.1 Å². The third kappa shape index (κ3) is 6.75. The lowest BCUT2D eigenvalue weighted by Gasteiger charge is -2.24. The number of nitrogens with zero attached hydrogens (tertiary/aromatic N) is 4. The molecule has 184 valence electrons. The molecule has 3 rings (SSSR count). The maximum Gasteiger partial charge on any atom is 0.409 e. The van der Waals surface area contributed by atoms with Crippen LogP contribution >= 0.6 is 0 Å². The molecule has 0 aliphatic carbocycles. The van der Waals surface area contributed by atoms with Crippen LogP contribution in [0, 0.1) is 0 Å². The minimum absolute atomic E-state index is 0. The molecule has 0 saturated heterocycles. The van der Waals surface area contributed by atoms with Crippen LogP contribution in [0.2, 0.25) is 0 Å². The van der Waals surface area contributed by atoms with Crippen molar-refractivity contribution in [2.75, 3.05) is 20.7 Å². The molecular formula is C24H34N6O4. The number of hydrogen-bond donors (Lipinski definition) is 2. The minimum Gasteiger partial charge on any atom is -0.443 e. The number of carbonyl (C=O) groups excluding carboxylic acids is 2. The number of pyridine rings is 1. The number of rotatable bonds is 9. The molecule has 0 spiro atoms. The summed E-state index contributed by atoms with van der Waals surface area (Å²) in [6.07, 6.45) is -0.470. The third-order valence-electron chi connectivity index (χ3n) is 4.84. The smallest absolute Gasteiger partial charge is 0.409 e. The van der Waals surface area contributed by atoms with E-state index in [0.717, 1.165) is 5.56 Å². The molecule has 2 heterocycles. The summed E-state index contributed by atoms with van der Waals surface area (Å²) in [4.78, 5) is 25.9. The Labute approximate surface area is 200 Å². The second-order valence-electron chi connectivity index (χ2n) is 8.47. The molecule has 0 unspecified atom stereocenters. The molecule has 3 aromatic rings. The van der Waals surface area contributed by atoms with Gasteiger partial charge in [0.25, 0.3) is 0 Å². The monoisotopic (exact) mass is 470 g/mol. The second kappa shape index (κ2) is 11.6. The second-order valence-corrected chi connectivity index (χ2v) is 8.47. The zero-order valence-corrected chi connectivity index (χ0v) is 19.3. The third-order valence-corrected chi connectivity index (χ3v) is 4.84. The van der Waals surface area contributed by atoms with Gasteiger partial charge >= 0.3 is 6.09 Å². The molecule has 10 nitrogen and oxygen atoms in total. The van der Waals surface area contributed by atoms with Crippen LogP contribution in [0.3, 0.4) is 0 Å². The molecule has 10 heteroatoms. The van der Waals surface area contributed by atoms with Crippen LogP contribution in [0.15, 0.2) is 48.5 Å². The maximum absolute atomic E-state index is 12.7. The molecular weight excluding hydrogens is 436 g/mol. The van der Waals surface area contributed by atoms with E-state index in [9.17, 15) is 9.59 Å². The lowest BCUT2D eigenvalue weighted by molar-refractivity contribution is -0.126. The van der Waals surface area contributed by atoms with Crippen LogP contribution in [-0.2, 0) is 27.5 Å². The van der Waals surface area contributed by atoms with E-state index in [2.05, 4.69) is 15.5 Å². The first-order chi connectivity index (χ1) is 15.7. The quantitative estimate of drug-likeness (QED) is 0.493. The maximum atomic E-state index is 12.7. The summed E-state index contributed by atoms with van der Waals surface area (Å²) in [5.74, 6) is 0.0937. The molecule has 3 N–H and O–H groups in total. The average molecular weight is 471 g/mol. The summed E-state index contributed by atoms with van der Waals surface area (Å²) in [7, 11) is 3.22. The molecule has 0 fully saturated rings. The molecule has 1 atom stereocenters. The van der Waals surface area contributed by atoms with E-state index in [4.69, 9.17) is 15.2 Å². The van der Waals surface area contributed by atoms with E-state index in [1.54, 1.807) is 50.5 Å². The van der Waals surface area contributed by atoms with Crippen LogP contribution in [0.25, 0.3) is 5.65 Å². The van der Waals surface area contributed by atoms with Crippen LogP contribution < -0.4 is 11.1 Å². The van der Waals surface area contributed by atoms with Gasteiger partial charge in [-0.15, -0.1) is 10.2 Å². The van der Waals surface area contributed by atoms with Crippen molar-refractivity contribution in [1.29, 1.82) is 0 Å². The molecule has 2 aromatic heterocycles. The highest BCUT2D eigenvalue weighted by atomic mass is 16.6. The highest BCUT2D eigenvalue weighted by Crippen LogP contribution is 2.18. The van der Waals surface area contributed by atoms with Crippen LogP contribution in [0.1, 0.15) is 44.4 Å². The number of aromatic nitrogens is 3. The first kappa shape index (κ1) is 26.7. The van der Waals surface area contributed by atoms with E-state index in [-0.39, 0.29) is 26.5 Å². The van der Waals surface area contributed by atoms with Crippen LogP contribution in [0.5, 0.6) is 0 Å². The largest absolute Gasteiger partial charge is 0.443 e. The van der Waals surface area contributed by atoms with Crippen molar-refractivity contribution in [3.8, 4) is 0 Å². The highest BCUT2D eigenvalue weighted by molar-refractivity contribution is 5.85. The fourth-order valence-corrected chi connectivity index (χ4v) is 3.03. The Kier molecular flexibility index (Phi) is 9.11. The predicted molar refractivity (Wildman–Crippen MR) is 129 cm³/mol. The van der Waals surface area contributed by atoms with Gasteiger partial charge in [0.05, 0.1) is 24.4 Å². The number of benzene rings is 1. The molecule has 0 aliphatic rings. The van der Waals surface area contributed by atoms with Crippen molar-refractivity contribution in [2.24, 2.45) is 5.73 Å². The summed E-state index contributed by atoms with van der Waals surface area (Å²) in [6.45, 7) is 3.76. The topological polar surface area (TPSA) is 124 Å². The van der Waals surface area contributed by atoms with Gasteiger partial charge < -0.3 is 25.4 Å². The van der Waals surface area contributed by atoms with Crippen LogP contribution in [0.4, 0.5) is 4.79 Å². The van der Waals surface area contributed by atoms with Crippen molar-refractivity contribution in [1.82, 2.24) is 24.8 Å². The van der Waals surface area contributed by atoms with Crippen molar-refractivity contribution >= 4 is 17.6 Å². The standard InChI is InChI=1S/C23H30N6O4.CH4/c1-23(2,24)21(30)25-18(15-32-13-16-9-6-5-7-10-16)20-27-26-19-12-8-11-17(29(19)20)14-33-22(31)28(3)4;/h5-12,18H,13-15,24H2,1-4H3,(H,25,30);1H4/t18-;/m1./s1. The van der Waals surface area contributed by atoms with E-state index in [1.165, 1.54) is 4.90 Å². The molecule has 2 amide bonds. The van der Waals surface area contributed by atoms with Gasteiger partial charge in [0.1, 0.15) is 12.6 Å². The number of nitrogens with one attached hydrogen (secondary N) is 1. The number of fused-ring (bicyclic) bond motifs is 1. The first-order valence-electron chi connectivity index (χ1n) is 10.6. The number of hydrogen-bond acceptors (Lipinski definition) is 7. The van der Waals surface area contributed by atoms with Crippen LogP contribution in [-0.4, -0.2) is 57.7 Å². The Hall–Kier alpha value is -3.50. The normalized spacial score (nSPS) is 12.0. The van der Waals surface area contributed by atoms with Gasteiger partial charge in [0, 0.05) is 14.1 Å². The van der Waals surface area contributed by atoms with E-state index >= 15 is 0 Å². The first-order valence-corrected chi connectivity index (χ1v) is 10.6. The lowest BCUT2D eigenvalue weighted by atomic mass is 10.1. The molecule has 0 saturated carbocycles. The Balaban J connectivity index is 0.00000408. The van der Waals surface area contributed by atoms with Gasteiger partial charge in [-0.05, 0) is 31.5 Å². The van der Waals surface area contributed by atoms with Gasteiger partial charge in [0.2, 0.25) is 5.91 Å². The Morgan fingerprint density at radius 3 is 2.44 bits per heavy atom. The summed E-state index contributed by atoms with van der Waals surface area (Å²) < 4.78 is 13.0. The highest BCUT2D eigenvalue weighted by Gasteiger charge is 2.28. The fourth-order valence-electron chi connectivity index (χ4n) is 3.03. The zero-order chi connectivity index (χ0) is 24.0. The lowest BCUT2D eigenvalue weighted by Crippen LogP contribution is -2.51. The predicted octanol–water partition coefficient (Wildman–Crippen LogP) is 2.67. The minimum atomic E-state index is -1.09. The molecule has 1 aromatic carbocycles. The SMILES string of the molecule is C.CN(C)C(=O)OCc1cccc2nnc([C@@H](COCc3ccccc3)NC(=O)C(C)(C)N)n12. The number of carbonyl (C=O) groups is 2. The number of nitrogens with two attached hydrogens (primary N) is 1. The molecule has 0 bridgehead atoms. The van der Waals surface area contributed by atoms with Gasteiger partial charge in [-0.1, -0.05) is 43.8 Å². The van der Waals surface area contributed by atoms with Gasteiger partial charge in [-0.25, -0.2) is 4.79 Å². The van der Waals surface area contributed by atoms with E-state index < -0.39 is 17.7 Å². The molecule has 0 radical (unpaired) electrons.